The molecule has 0 amide bonds. The highest BCUT2D eigenvalue weighted by Crippen LogP contribution is 2.38. The van der Waals surface area contributed by atoms with Crippen LogP contribution in [0.1, 0.15) is 29.7 Å². The second kappa shape index (κ2) is 6.93. The number of thiophene rings is 1. The lowest BCUT2D eigenvalue weighted by molar-refractivity contribution is 0.282. The first kappa shape index (κ1) is 17.9. The fourth-order valence-electron chi connectivity index (χ4n) is 3.73. The summed E-state index contributed by atoms with van der Waals surface area (Å²) >= 11 is 1.45. The monoisotopic (exact) mass is 378 g/mol. The largest absolute Gasteiger partial charge is 0.392 e. The van der Waals surface area contributed by atoms with Gasteiger partial charge < -0.3 is 15.4 Å². The van der Waals surface area contributed by atoms with Crippen LogP contribution in [-0.4, -0.2) is 17.1 Å². The van der Waals surface area contributed by atoms with Gasteiger partial charge in [-0.2, -0.15) is 0 Å². The summed E-state index contributed by atoms with van der Waals surface area (Å²) in [4.78, 5) is 15.5. The number of benzene rings is 2. The number of H-pyrrole nitrogens is 1. The maximum atomic E-state index is 12.5. The topological polar surface area (TPSA) is 65.1 Å². The molecule has 2 aromatic heterocycles. The Morgan fingerprint density at radius 3 is 2.63 bits per heavy atom. The highest BCUT2D eigenvalue weighted by atomic mass is 32.1. The van der Waals surface area contributed by atoms with Gasteiger partial charge in [0.1, 0.15) is 4.70 Å². The highest BCUT2D eigenvalue weighted by molar-refractivity contribution is 7.17. The third-order valence-electron chi connectivity index (χ3n) is 5.29. The van der Waals surface area contributed by atoms with Crippen LogP contribution in [0.25, 0.3) is 32.1 Å². The van der Waals surface area contributed by atoms with Gasteiger partial charge in [0, 0.05) is 16.8 Å². The van der Waals surface area contributed by atoms with Gasteiger partial charge in [0.25, 0.3) is 5.56 Å². The maximum absolute atomic E-state index is 12.5. The molecular formula is C22H22N2O2S. The van der Waals surface area contributed by atoms with E-state index in [9.17, 15) is 9.90 Å². The second-order valence-electron chi connectivity index (χ2n) is 6.89. The minimum atomic E-state index is -0.0588. The number of aliphatic hydroxyl groups is 1. The Balaban J connectivity index is 2.08. The number of aryl methyl sites for hydroxylation is 1. The number of pyridine rings is 1. The molecule has 2 aromatic carbocycles. The predicted octanol–water partition coefficient (Wildman–Crippen LogP) is 4.49. The molecule has 0 aliphatic rings. The summed E-state index contributed by atoms with van der Waals surface area (Å²) in [5, 5.41) is 17.2. The molecule has 4 rings (SSSR count). The quantitative estimate of drug-likeness (QED) is 0.490. The Morgan fingerprint density at radius 2 is 1.96 bits per heavy atom. The van der Waals surface area contributed by atoms with E-state index in [2.05, 4.69) is 41.5 Å². The molecule has 5 heteroatoms. The molecule has 0 saturated heterocycles. The molecule has 0 unspecified atom stereocenters. The maximum Gasteiger partial charge on any atom is 0.266 e. The molecule has 0 saturated carbocycles. The van der Waals surface area contributed by atoms with E-state index in [4.69, 9.17) is 0 Å². The molecule has 4 aromatic rings. The van der Waals surface area contributed by atoms with Crippen molar-refractivity contribution in [2.75, 3.05) is 7.05 Å². The van der Waals surface area contributed by atoms with Crippen molar-refractivity contribution >= 4 is 32.3 Å². The number of hydrogen-bond acceptors (Lipinski definition) is 4. The van der Waals surface area contributed by atoms with Gasteiger partial charge in [-0.1, -0.05) is 30.3 Å². The molecule has 2 heterocycles. The van der Waals surface area contributed by atoms with E-state index >= 15 is 0 Å². The van der Waals surface area contributed by atoms with Crippen molar-refractivity contribution in [3.05, 3.63) is 68.8 Å². The molecule has 27 heavy (non-hydrogen) atoms. The van der Waals surface area contributed by atoms with Crippen molar-refractivity contribution in [1.82, 2.24) is 10.3 Å². The summed E-state index contributed by atoms with van der Waals surface area (Å²) in [6, 6.07) is 12.6. The van der Waals surface area contributed by atoms with E-state index in [-0.39, 0.29) is 18.2 Å². The normalized spacial score (nSPS) is 12.7. The Kier molecular flexibility index (Phi) is 4.60. The number of aliphatic hydroxyl groups excluding tert-OH is 1. The van der Waals surface area contributed by atoms with Crippen LogP contribution in [0.3, 0.4) is 0 Å². The van der Waals surface area contributed by atoms with Crippen molar-refractivity contribution in [1.29, 1.82) is 0 Å². The number of hydrogen-bond donors (Lipinski definition) is 3. The molecule has 0 bridgehead atoms. The molecule has 4 nitrogen and oxygen atoms in total. The van der Waals surface area contributed by atoms with Crippen LogP contribution in [0.5, 0.6) is 0 Å². The van der Waals surface area contributed by atoms with E-state index in [1.54, 1.807) is 0 Å². The number of fused-ring (bicyclic) bond motifs is 3. The second-order valence-corrected chi connectivity index (χ2v) is 7.80. The van der Waals surface area contributed by atoms with Crippen LogP contribution in [-0.2, 0) is 6.61 Å². The van der Waals surface area contributed by atoms with Gasteiger partial charge in [-0.25, -0.2) is 0 Å². The Bertz CT molecular complexity index is 1190. The summed E-state index contributed by atoms with van der Waals surface area (Å²) < 4.78 is 0.721. The van der Waals surface area contributed by atoms with Crippen LogP contribution in [0.4, 0.5) is 0 Å². The van der Waals surface area contributed by atoms with Crippen LogP contribution < -0.4 is 10.9 Å². The molecule has 0 spiro atoms. The fourth-order valence-corrected chi connectivity index (χ4v) is 4.53. The summed E-state index contributed by atoms with van der Waals surface area (Å²) in [6.07, 6.45) is 0. The zero-order chi connectivity index (χ0) is 19.1. The van der Waals surface area contributed by atoms with Crippen LogP contribution in [0.2, 0.25) is 0 Å². The van der Waals surface area contributed by atoms with E-state index < -0.39 is 0 Å². The van der Waals surface area contributed by atoms with E-state index in [0.29, 0.717) is 0 Å². The van der Waals surface area contributed by atoms with E-state index in [0.717, 1.165) is 43.2 Å². The lowest BCUT2D eigenvalue weighted by atomic mass is 9.91. The van der Waals surface area contributed by atoms with Gasteiger partial charge in [0.05, 0.1) is 12.1 Å². The van der Waals surface area contributed by atoms with Crippen molar-refractivity contribution in [3.8, 4) is 11.1 Å². The molecule has 1 atom stereocenters. The van der Waals surface area contributed by atoms with Gasteiger partial charge in [-0.3, -0.25) is 4.79 Å². The van der Waals surface area contributed by atoms with Gasteiger partial charge in [0.15, 0.2) is 0 Å². The molecular weight excluding hydrogens is 356 g/mol. The molecule has 0 aliphatic heterocycles. The minimum Gasteiger partial charge on any atom is -0.392 e. The first-order valence-corrected chi connectivity index (χ1v) is 9.87. The van der Waals surface area contributed by atoms with Crippen LogP contribution in [0.15, 0.2) is 46.6 Å². The van der Waals surface area contributed by atoms with E-state index in [1.807, 2.05) is 31.5 Å². The lowest BCUT2D eigenvalue weighted by Crippen LogP contribution is -2.12. The molecule has 0 fully saturated rings. The van der Waals surface area contributed by atoms with Crippen LogP contribution in [0, 0.1) is 6.92 Å². The fraction of sp³-hybridized carbons (Fsp3) is 0.227. The average molecular weight is 378 g/mol. The SMILES string of the molecule is CN[C@H](C)c1ccc(-c2c(CO)cc(C)c3[nH]c(=O)c4sccc4c23)cc1. The smallest absolute Gasteiger partial charge is 0.266 e. The summed E-state index contributed by atoms with van der Waals surface area (Å²) in [6.45, 7) is 4.04. The van der Waals surface area contributed by atoms with E-state index in [1.165, 1.54) is 16.9 Å². The zero-order valence-corrected chi connectivity index (χ0v) is 16.4. The number of rotatable bonds is 4. The van der Waals surface area contributed by atoms with Gasteiger partial charge >= 0.3 is 0 Å². The van der Waals surface area contributed by atoms with Crippen molar-refractivity contribution < 1.29 is 5.11 Å². The first-order chi connectivity index (χ1) is 13.0. The Morgan fingerprint density at radius 1 is 1.22 bits per heavy atom. The standard InChI is InChI=1S/C22H22N2O2S/c1-12-10-16(11-25)18(15-6-4-14(5-7-15)13(2)23-3)19-17-8-9-27-21(17)22(26)24-20(12)19/h4-10,13,23,25H,11H2,1-3H3,(H,24,26)/t13-/m1/s1. The van der Waals surface area contributed by atoms with Gasteiger partial charge in [-0.15, -0.1) is 11.3 Å². The highest BCUT2D eigenvalue weighted by Gasteiger charge is 2.17. The summed E-state index contributed by atoms with van der Waals surface area (Å²) in [7, 11) is 1.94. The third kappa shape index (κ3) is 2.88. The third-order valence-corrected chi connectivity index (χ3v) is 6.20. The number of aromatic nitrogens is 1. The van der Waals surface area contributed by atoms with Gasteiger partial charge in [0.2, 0.25) is 0 Å². The van der Waals surface area contributed by atoms with Gasteiger partial charge in [-0.05, 0) is 60.2 Å². The Labute approximate surface area is 161 Å². The molecule has 0 aliphatic carbocycles. The van der Waals surface area contributed by atoms with Crippen LogP contribution >= 0.6 is 11.3 Å². The molecule has 3 N–H and O–H groups in total. The van der Waals surface area contributed by atoms with Crippen molar-refractivity contribution in [2.24, 2.45) is 0 Å². The summed E-state index contributed by atoms with van der Waals surface area (Å²) in [5.74, 6) is 0. The lowest BCUT2D eigenvalue weighted by Gasteiger charge is -2.16. The zero-order valence-electron chi connectivity index (χ0n) is 15.6. The predicted molar refractivity (Wildman–Crippen MR) is 114 cm³/mol. The molecule has 138 valence electrons. The number of nitrogens with one attached hydrogen (secondary N) is 2. The first-order valence-electron chi connectivity index (χ1n) is 8.99. The minimum absolute atomic E-state index is 0.0501. The summed E-state index contributed by atoms with van der Waals surface area (Å²) in [5.41, 5.74) is 5.84. The molecule has 0 radical (unpaired) electrons. The van der Waals surface area contributed by atoms with Crippen molar-refractivity contribution in [3.63, 3.8) is 0 Å². The average Bonchev–Trinajstić information content (AvgIpc) is 3.18. The van der Waals surface area contributed by atoms with Crippen molar-refractivity contribution in [2.45, 2.75) is 26.5 Å². The number of aromatic amines is 1. The Hall–Kier alpha value is -2.47.